The lowest BCUT2D eigenvalue weighted by Gasteiger charge is -2.28. The van der Waals surface area contributed by atoms with Crippen LogP contribution in [-0.2, 0) is 21.9 Å². The standard InChI is InChI=1S/C21H25ClN2O2S/c1-16(21(26)23-2)24(14-17-8-10-19(22)11-9-17)20(25)12-13-27-15-18-6-4-3-5-7-18/h3-11,16H,12-15H2,1-2H3,(H,23,26). The van der Waals surface area contributed by atoms with Crippen molar-refractivity contribution in [1.29, 1.82) is 0 Å². The summed E-state index contributed by atoms with van der Waals surface area (Å²) in [6.07, 6.45) is 0.395. The molecule has 0 aliphatic heterocycles. The highest BCUT2D eigenvalue weighted by Crippen LogP contribution is 2.17. The van der Waals surface area contributed by atoms with Gasteiger partial charge >= 0.3 is 0 Å². The molecule has 0 spiro atoms. The van der Waals surface area contributed by atoms with Crippen molar-refractivity contribution >= 4 is 35.2 Å². The first-order valence-corrected chi connectivity index (χ1v) is 10.4. The van der Waals surface area contributed by atoms with Crippen molar-refractivity contribution < 1.29 is 9.59 Å². The number of rotatable bonds is 9. The second-order valence-electron chi connectivity index (χ2n) is 6.23. The van der Waals surface area contributed by atoms with E-state index in [4.69, 9.17) is 11.6 Å². The number of nitrogens with one attached hydrogen (secondary N) is 1. The van der Waals surface area contributed by atoms with E-state index in [1.807, 2.05) is 30.3 Å². The molecule has 144 valence electrons. The molecule has 0 saturated carbocycles. The van der Waals surface area contributed by atoms with Crippen molar-refractivity contribution in [3.63, 3.8) is 0 Å². The third-order valence-electron chi connectivity index (χ3n) is 4.25. The first-order valence-electron chi connectivity index (χ1n) is 8.88. The van der Waals surface area contributed by atoms with Gasteiger partial charge in [-0.25, -0.2) is 0 Å². The number of halogens is 1. The number of benzene rings is 2. The molecule has 0 aliphatic carbocycles. The van der Waals surface area contributed by atoms with Crippen molar-refractivity contribution in [3.05, 3.63) is 70.7 Å². The fourth-order valence-electron chi connectivity index (χ4n) is 2.65. The van der Waals surface area contributed by atoms with E-state index in [1.165, 1.54) is 5.56 Å². The van der Waals surface area contributed by atoms with E-state index in [0.717, 1.165) is 11.3 Å². The highest BCUT2D eigenvalue weighted by atomic mass is 35.5. The number of likely N-dealkylation sites (N-methyl/N-ethyl adjacent to an activating group) is 1. The fraction of sp³-hybridized carbons (Fsp3) is 0.333. The highest BCUT2D eigenvalue weighted by molar-refractivity contribution is 7.98. The lowest BCUT2D eigenvalue weighted by atomic mass is 10.1. The molecule has 0 bridgehead atoms. The van der Waals surface area contributed by atoms with Crippen LogP contribution < -0.4 is 5.32 Å². The molecule has 4 nitrogen and oxygen atoms in total. The SMILES string of the molecule is CNC(=O)C(C)N(Cc1ccc(Cl)cc1)C(=O)CCSCc1ccccc1. The van der Waals surface area contributed by atoms with Gasteiger partial charge in [0.2, 0.25) is 11.8 Å². The summed E-state index contributed by atoms with van der Waals surface area (Å²) in [5.74, 6) is 1.39. The van der Waals surface area contributed by atoms with Crippen molar-refractivity contribution in [2.24, 2.45) is 0 Å². The summed E-state index contributed by atoms with van der Waals surface area (Å²) in [6, 6.07) is 17.0. The average molecular weight is 405 g/mol. The minimum atomic E-state index is -0.530. The number of hydrogen-bond acceptors (Lipinski definition) is 3. The summed E-state index contributed by atoms with van der Waals surface area (Å²) in [5.41, 5.74) is 2.19. The molecule has 1 N–H and O–H groups in total. The third kappa shape index (κ3) is 6.92. The maximum atomic E-state index is 12.8. The van der Waals surface area contributed by atoms with Crippen molar-refractivity contribution in [2.45, 2.75) is 31.7 Å². The molecule has 0 heterocycles. The van der Waals surface area contributed by atoms with E-state index in [9.17, 15) is 9.59 Å². The molecular formula is C21H25ClN2O2S. The van der Waals surface area contributed by atoms with Gasteiger partial charge in [-0.3, -0.25) is 9.59 Å². The van der Waals surface area contributed by atoms with Crippen LogP contribution in [0.15, 0.2) is 54.6 Å². The number of carbonyl (C=O) groups is 2. The van der Waals surface area contributed by atoms with E-state index in [-0.39, 0.29) is 11.8 Å². The van der Waals surface area contributed by atoms with Crippen LogP contribution in [0.3, 0.4) is 0 Å². The zero-order valence-corrected chi connectivity index (χ0v) is 17.2. The predicted molar refractivity (Wildman–Crippen MR) is 113 cm³/mol. The van der Waals surface area contributed by atoms with Crippen molar-refractivity contribution in [3.8, 4) is 0 Å². The van der Waals surface area contributed by atoms with Gasteiger partial charge in [0, 0.05) is 36.5 Å². The molecular weight excluding hydrogens is 380 g/mol. The Kier molecular flexibility index (Phi) is 8.69. The topological polar surface area (TPSA) is 49.4 Å². The average Bonchev–Trinajstić information content (AvgIpc) is 2.70. The maximum Gasteiger partial charge on any atom is 0.242 e. The van der Waals surface area contributed by atoms with Crippen LogP contribution in [0.25, 0.3) is 0 Å². The van der Waals surface area contributed by atoms with Crippen LogP contribution in [0.5, 0.6) is 0 Å². The summed E-state index contributed by atoms with van der Waals surface area (Å²) < 4.78 is 0. The highest BCUT2D eigenvalue weighted by Gasteiger charge is 2.25. The normalized spacial score (nSPS) is 11.7. The molecule has 2 rings (SSSR count). The first-order chi connectivity index (χ1) is 13.0. The summed E-state index contributed by atoms with van der Waals surface area (Å²) in [4.78, 5) is 26.5. The minimum absolute atomic E-state index is 0.0263. The van der Waals surface area contributed by atoms with Gasteiger partial charge in [0.15, 0.2) is 0 Å². The third-order valence-corrected chi connectivity index (χ3v) is 5.53. The Morgan fingerprint density at radius 1 is 1.07 bits per heavy atom. The van der Waals surface area contributed by atoms with Crippen LogP contribution in [0.1, 0.15) is 24.5 Å². The van der Waals surface area contributed by atoms with Gasteiger partial charge in [-0.1, -0.05) is 54.1 Å². The Labute approximate surface area is 170 Å². The summed E-state index contributed by atoms with van der Waals surface area (Å²) in [6.45, 7) is 2.14. The van der Waals surface area contributed by atoms with Gasteiger partial charge in [0.1, 0.15) is 6.04 Å². The molecule has 1 atom stereocenters. The molecule has 27 heavy (non-hydrogen) atoms. The zero-order chi connectivity index (χ0) is 19.6. The quantitative estimate of drug-likeness (QED) is 0.639. The number of carbonyl (C=O) groups excluding carboxylic acids is 2. The molecule has 0 radical (unpaired) electrons. The van der Waals surface area contributed by atoms with Gasteiger partial charge in [-0.05, 0) is 30.2 Å². The lowest BCUT2D eigenvalue weighted by molar-refractivity contribution is -0.140. The maximum absolute atomic E-state index is 12.8. The summed E-state index contributed by atoms with van der Waals surface area (Å²) >= 11 is 7.65. The number of amides is 2. The Bertz CT molecular complexity index is 738. The molecule has 0 saturated heterocycles. The van der Waals surface area contributed by atoms with Gasteiger partial charge < -0.3 is 10.2 Å². The fourth-order valence-corrected chi connectivity index (χ4v) is 3.66. The van der Waals surface area contributed by atoms with Crippen molar-refractivity contribution in [2.75, 3.05) is 12.8 Å². The molecule has 2 aromatic rings. The monoisotopic (exact) mass is 404 g/mol. The smallest absolute Gasteiger partial charge is 0.242 e. The Morgan fingerprint density at radius 2 is 1.74 bits per heavy atom. The second kappa shape index (κ2) is 11.0. The number of nitrogens with zero attached hydrogens (tertiary/aromatic N) is 1. The molecule has 0 aliphatic rings. The predicted octanol–water partition coefficient (Wildman–Crippen LogP) is 4.13. The largest absolute Gasteiger partial charge is 0.357 e. The van der Waals surface area contributed by atoms with Crippen LogP contribution in [0.4, 0.5) is 0 Å². The van der Waals surface area contributed by atoms with Crippen LogP contribution in [-0.4, -0.2) is 35.6 Å². The van der Waals surface area contributed by atoms with E-state index < -0.39 is 6.04 Å². The zero-order valence-electron chi connectivity index (χ0n) is 15.7. The molecule has 2 aromatic carbocycles. The van der Waals surface area contributed by atoms with Crippen LogP contribution in [0.2, 0.25) is 5.02 Å². The second-order valence-corrected chi connectivity index (χ2v) is 7.77. The van der Waals surface area contributed by atoms with E-state index in [2.05, 4.69) is 17.4 Å². The number of hydrogen-bond donors (Lipinski definition) is 1. The van der Waals surface area contributed by atoms with Crippen LogP contribution >= 0.6 is 23.4 Å². The van der Waals surface area contributed by atoms with Crippen LogP contribution in [0, 0.1) is 0 Å². The van der Waals surface area contributed by atoms with E-state index >= 15 is 0 Å². The van der Waals surface area contributed by atoms with E-state index in [1.54, 1.807) is 42.8 Å². The Morgan fingerprint density at radius 3 is 2.37 bits per heavy atom. The molecule has 6 heteroatoms. The first kappa shape index (κ1) is 21.3. The number of thioether (sulfide) groups is 1. The molecule has 0 aromatic heterocycles. The van der Waals surface area contributed by atoms with Crippen molar-refractivity contribution in [1.82, 2.24) is 10.2 Å². The molecule has 0 fully saturated rings. The summed E-state index contributed by atoms with van der Waals surface area (Å²) in [5, 5.41) is 3.27. The Hall–Kier alpha value is -1.98. The molecule has 1 unspecified atom stereocenters. The lowest BCUT2D eigenvalue weighted by Crippen LogP contribution is -2.46. The Balaban J connectivity index is 1.95. The van der Waals surface area contributed by atoms with Gasteiger partial charge in [-0.15, -0.1) is 0 Å². The minimum Gasteiger partial charge on any atom is -0.357 e. The molecule has 2 amide bonds. The van der Waals surface area contributed by atoms with E-state index in [0.29, 0.717) is 23.7 Å². The van der Waals surface area contributed by atoms with Gasteiger partial charge in [-0.2, -0.15) is 11.8 Å². The van der Waals surface area contributed by atoms with Gasteiger partial charge in [0.05, 0.1) is 0 Å². The summed E-state index contributed by atoms with van der Waals surface area (Å²) in [7, 11) is 1.58. The van der Waals surface area contributed by atoms with Gasteiger partial charge in [0.25, 0.3) is 0 Å².